The van der Waals surface area contributed by atoms with Gasteiger partial charge in [-0.3, -0.25) is 4.79 Å². The number of benzene rings is 1. The van der Waals surface area contributed by atoms with Crippen LogP contribution in [-0.4, -0.2) is 32.5 Å². The highest BCUT2D eigenvalue weighted by atomic mass is 32.2. The standard InChI is InChI=1S/C19H20N4OS/c1-11-9-15(12(2)20-11)17(24)10-25-19-22-16-6-4-3-5-14(16)18(23-19)21-13-7-8-13/h3-6,9,13,20H,7-8,10H2,1-2H3,(H,21,22,23). The van der Waals surface area contributed by atoms with E-state index in [0.29, 0.717) is 17.0 Å². The fourth-order valence-electron chi connectivity index (χ4n) is 2.87. The first-order valence-corrected chi connectivity index (χ1v) is 9.44. The molecule has 0 radical (unpaired) electrons. The van der Waals surface area contributed by atoms with Crippen molar-refractivity contribution in [3.63, 3.8) is 0 Å². The second kappa shape index (κ2) is 6.52. The molecule has 0 atom stereocenters. The first-order valence-electron chi connectivity index (χ1n) is 8.45. The number of aromatic amines is 1. The lowest BCUT2D eigenvalue weighted by atomic mass is 10.2. The summed E-state index contributed by atoms with van der Waals surface area (Å²) in [6, 6.07) is 10.4. The number of rotatable bonds is 6. The maximum atomic E-state index is 12.5. The molecule has 1 saturated carbocycles. The number of carbonyl (C=O) groups excluding carboxylic acids is 1. The molecule has 1 fully saturated rings. The molecule has 6 heteroatoms. The Morgan fingerprint density at radius 3 is 2.80 bits per heavy atom. The van der Waals surface area contributed by atoms with Gasteiger partial charge in [0, 0.05) is 28.4 Å². The average Bonchev–Trinajstić information content (AvgIpc) is 3.35. The van der Waals surface area contributed by atoms with E-state index >= 15 is 0 Å². The van der Waals surface area contributed by atoms with E-state index in [1.165, 1.54) is 24.6 Å². The molecular weight excluding hydrogens is 332 g/mol. The molecule has 4 rings (SSSR count). The zero-order valence-electron chi connectivity index (χ0n) is 14.3. The summed E-state index contributed by atoms with van der Waals surface area (Å²) in [5.74, 6) is 1.30. The smallest absolute Gasteiger partial charge is 0.190 e. The number of aromatic nitrogens is 3. The highest BCUT2D eigenvalue weighted by Gasteiger charge is 2.23. The van der Waals surface area contributed by atoms with Crippen molar-refractivity contribution in [1.29, 1.82) is 0 Å². The molecule has 5 nitrogen and oxygen atoms in total. The summed E-state index contributed by atoms with van der Waals surface area (Å²) >= 11 is 1.39. The lowest BCUT2D eigenvalue weighted by molar-refractivity contribution is 0.102. The van der Waals surface area contributed by atoms with Crippen LogP contribution in [0.25, 0.3) is 10.9 Å². The highest BCUT2D eigenvalue weighted by molar-refractivity contribution is 7.99. The van der Waals surface area contributed by atoms with Gasteiger partial charge in [-0.2, -0.15) is 0 Å². The Balaban J connectivity index is 1.56. The van der Waals surface area contributed by atoms with Crippen LogP contribution in [0.15, 0.2) is 35.5 Å². The maximum absolute atomic E-state index is 12.5. The summed E-state index contributed by atoms with van der Waals surface area (Å²) in [5.41, 5.74) is 3.58. The van der Waals surface area contributed by atoms with E-state index in [1.807, 2.05) is 44.2 Å². The minimum Gasteiger partial charge on any atom is -0.367 e. The Morgan fingerprint density at radius 2 is 2.08 bits per heavy atom. The number of fused-ring (bicyclic) bond motifs is 1. The molecule has 0 unspecified atom stereocenters. The van der Waals surface area contributed by atoms with E-state index in [0.717, 1.165) is 33.7 Å². The number of thioether (sulfide) groups is 1. The van der Waals surface area contributed by atoms with E-state index in [4.69, 9.17) is 0 Å². The Bertz CT molecular complexity index is 946. The monoisotopic (exact) mass is 352 g/mol. The largest absolute Gasteiger partial charge is 0.367 e. The summed E-state index contributed by atoms with van der Waals surface area (Å²) < 4.78 is 0. The second-order valence-electron chi connectivity index (χ2n) is 6.49. The molecule has 0 spiro atoms. The van der Waals surface area contributed by atoms with E-state index in [-0.39, 0.29) is 5.78 Å². The number of H-pyrrole nitrogens is 1. The van der Waals surface area contributed by atoms with Gasteiger partial charge in [0.15, 0.2) is 10.9 Å². The molecular formula is C19H20N4OS. The van der Waals surface area contributed by atoms with Gasteiger partial charge in [0.05, 0.1) is 11.3 Å². The topological polar surface area (TPSA) is 70.7 Å². The SMILES string of the molecule is Cc1cc(C(=O)CSc2nc(NC3CC3)c3ccccc3n2)c(C)[nH]1. The van der Waals surface area contributed by atoms with Crippen molar-refractivity contribution in [2.24, 2.45) is 0 Å². The number of nitrogens with one attached hydrogen (secondary N) is 2. The number of para-hydroxylation sites is 1. The van der Waals surface area contributed by atoms with Crippen LogP contribution >= 0.6 is 11.8 Å². The van der Waals surface area contributed by atoms with Crippen LogP contribution in [0.2, 0.25) is 0 Å². The van der Waals surface area contributed by atoms with Crippen molar-refractivity contribution in [1.82, 2.24) is 15.0 Å². The van der Waals surface area contributed by atoms with Crippen molar-refractivity contribution in [3.8, 4) is 0 Å². The third kappa shape index (κ3) is 3.54. The lowest BCUT2D eigenvalue weighted by Gasteiger charge is -2.09. The van der Waals surface area contributed by atoms with Gasteiger partial charge in [0.25, 0.3) is 0 Å². The molecule has 2 heterocycles. The number of hydrogen-bond acceptors (Lipinski definition) is 5. The molecule has 2 aromatic heterocycles. The number of nitrogens with zero attached hydrogens (tertiary/aromatic N) is 2. The number of hydrogen-bond donors (Lipinski definition) is 2. The zero-order chi connectivity index (χ0) is 17.4. The minimum atomic E-state index is 0.0975. The van der Waals surface area contributed by atoms with Gasteiger partial charge in [0.2, 0.25) is 0 Å². The zero-order valence-corrected chi connectivity index (χ0v) is 15.1. The van der Waals surface area contributed by atoms with Gasteiger partial charge in [-0.15, -0.1) is 0 Å². The number of Topliss-reactive ketones (excluding diaryl/α,β-unsaturated/α-hetero) is 1. The molecule has 3 aromatic rings. The molecule has 0 amide bonds. The average molecular weight is 352 g/mol. The fourth-order valence-corrected chi connectivity index (χ4v) is 3.61. The predicted molar refractivity (Wildman–Crippen MR) is 102 cm³/mol. The van der Waals surface area contributed by atoms with Gasteiger partial charge in [-0.25, -0.2) is 9.97 Å². The number of ketones is 1. The second-order valence-corrected chi connectivity index (χ2v) is 7.44. The van der Waals surface area contributed by atoms with Crippen LogP contribution in [0.1, 0.15) is 34.6 Å². The third-order valence-corrected chi connectivity index (χ3v) is 5.13. The van der Waals surface area contributed by atoms with E-state index in [1.54, 1.807) is 0 Å². The molecule has 1 aliphatic carbocycles. The minimum absolute atomic E-state index is 0.0975. The summed E-state index contributed by atoms with van der Waals surface area (Å²) in [6.45, 7) is 3.88. The lowest BCUT2D eigenvalue weighted by Crippen LogP contribution is -2.07. The predicted octanol–water partition coefficient (Wildman–Crippen LogP) is 4.12. The molecule has 2 N–H and O–H groups in total. The van der Waals surface area contributed by atoms with Crippen molar-refractivity contribution in [2.45, 2.75) is 37.9 Å². The van der Waals surface area contributed by atoms with Crippen LogP contribution in [0, 0.1) is 13.8 Å². The summed E-state index contributed by atoms with van der Waals surface area (Å²) in [6.07, 6.45) is 2.37. The number of carbonyl (C=O) groups is 1. The van der Waals surface area contributed by atoms with Crippen molar-refractivity contribution in [3.05, 3.63) is 47.3 Å². The van der Waals surface area contributed by atoms with Crippen LogP contribution in [0.4, 0.5) is 5.82 Å². The van der Waals surface area contributed by atoms with Crippen LogP contribution in [-0.2, 0) is 0 Å². The molecule has 1 aromatic carbocycles. The van der Waals surface area contributed by atoms with Crippen LogP contribution in [0.3, 0.4) is 0 Å². The molecule has 128 valence electrons. The summed E-state index contributed by atoms with van der Waals surface area (Å²) in [7, 11) is 0. The molecule has 0 saturated heterocycles. The summed E-state index contributed by atoms with van der Waals surface area (Å²) in [5, 5.41) is 5.15. The quantitative estimate of drug-likeness (QED) is 0.397. The fraction of sp³-hybridized carbons (Fsp3) is 0.316. The first kappa shape index (κ1) is 16.1. The number of anilines is 1. The van der Waals surface area contributed by atoms with Crippen LogP contribution in [0.5, 0.6) is 0 Å². The van der Waals surface area contributed by atoms with Crippen molar-refractivity contribution >= 4 is 34.3 Å². The Morgan fingerprint density at radius 1 is 1.28 bits per heavy atom. The Labute approximate surface area is 150 Å². The van der Waals surface area contributed by atoms with Crippen LogP contribution < -0.4 is 5.32 Å². The Hall–Kier alpha value is -2.34. The van der Waals surface area contributed by atoms with Gasteiger partial charge in [-0.05, 0) is 44.9 Å². The highest BCUT2D eigenvalue weighted by Crippen LogP contribution is 2.30. The van der Waals surface area contributed by atoms with Gasteiger partial charge in [0.1, 0.15) is 5.82 Å². The van der Waals surface area contributed by atoms with Crippen molar-refractivity contribution in [2.75, 3.05) is 11.1 Å². The first-order chi connectivity index (χ1) is 12.1. The summed E-state index contributed by atoms with van der Waals surface area (Å²) in [4.78, 5) is 24.9. The number of aryl methyl sites for hydroxylation is 2. The Kier molecular flexibility index (Phi) is 4.21. The van der Waals surface area contributed by atoms with E-state index in [2.05, 4.69) is 20.3 Å². The third-order valence-electron chi connectivity index (χ3n) is 4.28. The van der Waals surface area contributed by atoms with Gasteiger partial charge in [-0.1, -0.05) is 23.9 Å². The van der Waals surface area contributed by atoms with E-state index in [9.17, 15) is 4.79 Å². The van der Waals surface area contributed by atoms with Crippen molar-refractivity contribution < 1.29 is 4.79 Å². The van der Waals surface area contributed by atoms with Gasteiger partial charge >= 0.3 is 0 Å². The van der Waals surface area contributed by atoms with E-state index < -0.39 is 0 Å². The maximum Gasteiger partial charge on any atom is 0.190 e. The molecule has 0 aliphatic heterocycles. The van der Waals surface area contributed by atoms with Gasteiger partial charge < -0.3 is 10.3 Å². The normalized spacial score (nSPS) is 14.0. The molecule has 0 bridgehead atoms. The molecule has 1 aliphatic rings. The molecule has 25 heavy (non-hydrogen) atoms.